The molecule has 0 saturated heterocycles. The van der Waals surface area contributed by atoms with E-state index in [9.17, 15) is 4.79 Å². The second kappa shape index (κ2) is 8.97. The number of anilines is 1. The van der Waals surface area contributed by atoms with Gasteiger partial charge in [0, 0.05) is 36.2 Å². The van der Waals surface area contributed by atoms with Crippen LogP contribution in [0.3, 0.4) is 0 Å². The number of fused-ring (bicyclic) bond motifs is 1. The smallest absolute Gasteiger partial charge is 0.234 e. The number of imidazole rings is 1. The fourth-order valence-corrected chi connectivity index (χ4v) is 4.20. The lowest BCUT2D eigenvalue weighted by molar-refractivity contribution is -0.113. The van der Waals surface area contributed by atoms with Gasteiger partial charge in [0.05, 0.1) is 23.1 Å². The van der Waals surface area contributed by atoms with Gasteiger partial charge in [0.2, 0.25) is 5.91 Å². The number of carbonyl (C=O) groups excluding carboxylic acids is 1. The number of thioether (sulfide) groups is 1. The van der Waals surface area contributed by atoms with E-state index < -0.39 is 0 Å². The molecule has 146 valence electrons. The van der Waals surface area contributed by atoms with Crippen molar-refractivity contribution in [2.24, 2.45) is 0 Å². The fraction of sp³-hybridized carbons (Fsp3) is 0.261. The maximum atomic E-state index is 12.2. The summed E-state index contributed by atoms with van der Waals surface area (Å²) in [5, 5.41) is 11.8. The molecule has 1 aliphatic rings. The van der Waals surface area contributed by atoms with E-state index >= 15 is 0 Å². The first-order chi connectivity index (χ1) is 14.2. The standard InChI is InChI=1S/C23H22N4OS/c24-13-17-4-6-18(7-5-17)15-29-16-23(28)25-20-10-8-19(9-11-20)21-14-27-12-2-1-3-22(27)26-21/h4-11,14H,1-3,12,15-16H2,(H,25,28). The number of aryl methyl sites for hydroxylation is 2. The molecule has 29 heavy (non-hydrogen) atoms. The molecule has 0 radical (unpaired) electrons. The van der Waals surface area contributed by atoms with E-state index in [-0.39, 0.29) is 5.91 Å². The minimum Gasteiger partial charge on any atom is -0.334 e. The average Bonchev–Trinajstić information content (AvgIpc) is 3.19. The van der Waals surface area contributed by atoms with Crippen molar-refractivity contribution in [2.75, 3.05) is 11.1 Å². The summed E-state index contributed by atoms with van der Waals surface area (Å²) in [5.41, 5.74) is 4.61. The van der Waals surface area contributed by atoms with Crippen LogP contribution in [0.4, 0.5) is 5.69 Å². The Morgan fingerprint density at radius 3 is 2.66 bits per heavy atom. The van der Waals surface area contributed by atoms with Crippen molar-refractivity contribution < 1.29 is 4.79 Å². The van der Waals surface area contributed by atoms with E-state index in [0.717, 1.165) is 41.2 Å². The van der Waals surface area contributed by atoms with Crippen LogP contribution in [-0.2, 0) is 23.5 Å². The van der Waals surface area contributed by atoms with Crippen LogP contribution >= 0.6 is 11.8 Å². The zero-order valence-electron chi connectivity index (χ0n) is 16.1. The molecule has 0 aliphatic carbocycles. The van der Waals surface area contributed by atoms with Gasteiger partial charge in [0.1, 0.15) is 5.82 Å². The number of hydrogen-bond acceptors (Lipinski definition) is 4. The van der Waals surface area contributed by atoms with Crippen LogP contribution in [0.1, 0.15) is 29.8 Å². The molecular formula is C23H22N4OS. The third-order valence-corrected chi connectivity index (χ3v) is 5.96. The highest BCUT2D eigenvalue weighted by Crippen LogP contribution is 2.24. The molecule has 2 aromatic carbocycles. The number of hydrogen-bond donors (Lipinski definition) is 1. The minimum absolute atomic E-state index is 0.0196. The van der Waals surface area contributed by atoms with Gasteiger partial charge in [-0.2, -0.15) is 5.26 Å². The van der Waals surface area contributed by atoms with E-state index in [1.165, 1.54) is 18.7 Å². The summed E-state index contributed by atoms with van der Waals surface area (Å²) in [6, 6.07) is 17.4. The van der Waals surface area contributed by atoms with Gasteiger partial charge in [-0.05, 0) is 42.7 Å². The fourth-order valence-electron chi connectivity index (χ4n) is 3.41. The predicted molar refractivity (Wildman–Crippen MR) is 117 cm³/mol. The van der Waals surface area contributed by atoms with Crippen LogP contribution in [0.5, 0.6) is 0 Å². The first-order valence-corrected chi connectivity index (χ1v) is 10.9. The van der Waals surface area contributed by atoms with Gasteiger partial charge in [-0.3, -0.25) is 4.79 Å². The van der Waals surface area contributed by atoms with Gasteiger partial charge in [0.15, 0.2) is 0 Å². The van der Waals surface area contributed by atoms with Crippen molar-refractivity contribution in [3.63, 3.8) is 0 Å². The molecule has 3 aromatic rings. The van der Waals surface area contributed by atoms with Gasteiger partial charge < -0.3 is 9.88 Å². The van der Waals surface area contributed by atoms with E-state index in [2.05, 4.69) is 22.1 Å². The van der Waals surface area contributed by atoms with Crippen LogP contribution in [0, 0.1) is 11.3 Å². The third kappa shape index (κ3) is 4.87. The predicted octanol–water partition coefficient (Wildman–Crippen LogP) is 4.63. The van der Waals surface area contributed by atoms with Gasteiger partial charge in [0.25, 0.3) is 0 Å². The van der Waals surface area contributed by atoms with Crippen LogP contribution in [-0.4, -0.2) is 21.2 Å². The highest BCUT2D eigenvalue weighted by Gasteiger charge is 2.13. The van der Waals surface area contributed by atoms with Crippen LogP contribution in [0.15, 0.2) is 54.7 Å². The molecule has 1 amide bonds. The normalized spacial score (nSPS) is 12.8. The number of carbonyl (C=O) groups is 1. The molecule has 6 heteroatoms. The molecule has 0 bridgehead atoms. The number of aromatic nitrogens is 2. The lowest BCUT2D eigenvalue weighted by Gasteiger charge is -2.11. The zero-order chi connectivity index (χ0) is 20.1. The van der Waals surface area contributed by atoms with Crippen molar-refractivity contribution >= 4 is 23.4 Å². The molecule has 1 aromatic heterocycles. The van der Waals surface area contributed by atoms with Crippen molar-refractivity contribution in [3.05, 3.63) is 71.7 Å². The second-order valence-electron chi connectivity index (χ2n) is 7.12. The number of benzene rings is 2. The molecule has 1 N–H and O–H groups in total. The van der Waals surface area contributed by atoms with Gasteiger partial charge >= 0.3 is 0 Å². The van der Waals surface area contributed by atoms with Gasteiger partial charge in [-0.15, -0.1) is 11.8 Å². The Bertz CT molecular complexity index is 1010. The molecule has 4 rings (SSSR count). The number of nitrogens with zero attached hydrogens (tertiary/aromatic N) is 3. The number of nitrogens with one attached hydrogen (secondary N) is 1. The molecule has 0 atom stereocenters. The summed E-state index contributed by atoms with van der Waals surface area (Å²) >= 11 is 1.55. The molecule has 0 saturated carbocycles. The molecule has 1 aliphatic heterocycles. The van der Waals surface area contributed by atoms with E-state index in [1.54, 1.807) is 23.9 Å². The van der Waals surface area contributed by atoms with Crippen LogP contribution < -0.4 is 5.32 Å². The maximum Gasteiger partial charge on any atom is 0.234 e. The van der Waals surface area contributed by atoms with Crippen molar-refractivity contribution in [2.45, 2.75) is 31.6 Å². The Labute approximate surface area is 174 Å². The number of nitriles is 1. The zero-order valence-corrected chi connectivity index (χ0v) is 16.9. The summed E-state index contributed by atoms with van der Waals surface area (Å²) in [6.45, 7) is 1.05. The summed E-state index contributed by atoms with van der Waals surface area (Å²) in [5.74, 6) is 2.27. The van der Waals surface area contributed by atoms with Crippen LogP contribution in [0.2, 0.25) is 0 Å². The highest BCUT2D eigenvalue weighted by atomic mass is 32.2. The summed E-state index contributed by atoms with van der Waals surface area (Å²) in [6.07, 6.45) is 5.61. The molecule has 2 heterocycles. The quantitative estimate of drug-likeness (QED) is 0.653. The third-order valence-electron chi connectivity index (χ3n) is 4.96. The lowest BCUT2D eigenvalue weighted by Crippen LogP contribution is -2.14. The second-order valence-corrected chi connectivity index (χ2v) is 8.11. The Balaban J connectivity index is 1.28. The van der Waals surface area contributed by atoms with E-state index in [0.29, 0.717) is 11.3 Å². The first-order valence-electron chi connectivity index (χ1n) is 9.74. The molecular weight excluding hydrogens is 380 g/mol. The van der Waals surface area contributed by atoms with E-state index in [4.69, 9.17) is 10.2 Å². The average molecular weight is 403 g/mol. The Morgan fingerprint density at radius 1 is 1.14 bits per heavy atom. The first kappa shape index (κ1) is 19.3. The monoisotopic (exact) mass is 402 g/mol. The van der Waals surface area contributed by atoms with Crippen molar-refractivity contribution in [1.29, 1.82) is 5.26 Å². The van der Waals surface area contributed by atoms with Crippen LogP contribution in [0.25, 0.3) is 11.3 Å². The van der Waals surface area contributed by atoms with Crippen molar-refractivity contribution in [1.82, 2.24) is 9.55 Å². The summed E-state index contributed by atoms with van der Waals surface area (Å²) in [4.78, 5) is 16.9. The van der Waals surface area contributed by atoms with Crippen molar-refractivity contribution in [3.8, 4) is 17.3 Å². The maximum absolute atomic E-state index is 12.2. The largest absolute Gasteiger partial charge is 0.334 e. The summed E-state index contributed by atoms with van der Waals surface area (Å²) < 4.78 is 2.25. The molecule has 0 unspecified atom stereocenters. The Kier molecular flexibility index (Phi) is 5.97. The Hall–Kier alpha value is -3.04. The lowest BCUT2D eigenvalue weighted by atomic mass is 10.1. The topological polar surface area (TPSA) is 70.7 Å². The molecule has 5 nitrogen and oxygen atoms in total. The minimum atomic E-state index is -0.0196. The molecule has 0 fully saturated rings. The summed E-state index contributed by atoms with van der Waals surface area (Å²) in [7, 11) is 0. The van der Waals surface area contributed by atoms with Gasteiger partial charge in [-0.1, -0.05) is 24.3 Å². The van der Waals surface area contributed by atoms with Gasteiger partial charge in [-0.25, -0.2) is 4.98 Å². The van der Waals surface area contributed by atoms with E-state index in [1.807, 2.05) is 36.4 Å². The molecule has 0 spiro atoms. The SMILES string of the molecule is N#Cc1ccc(CSCC(=O)Nc2ccc(-c3cn4c(n3)CCCC4)cc2)cc1. The highest BCUT2D eigenvalue weighted by molar-refractivity contribution is 7.99. The Morgan fingerprint density at radius 2 is 1.93 bits per heavy atom. The number of rotatable bonds is 6. The number of amides is 1.